The van der Waals surface area contributed by atoms with Gasteiger partial charge in [-0.1, -0.05) is 6.92 Å². The molecule has 20 heavy (non-hydrogen) atoms. The van der Waals surface area contributed by atoms with Crippen LogP contribution in [0.3, 0.4) is 0 Å². The van der Waals surface area contributed by atoms with E-state index in [0.717, 1.165) is 5.69 Å². The number of urea groups is 1. The Morgan fingerprint density at radius 1 is 1.60 bits per heavy atom. The van der Waals surface area contributed by atoms with E-state index in [2.05, 4.69) is 10.3 Å². The second-order valence-electron chi connectivity index (χ2n) is 5.19. The Morgan fingerprint density at radius 3 is 2.90 bits per heavy atom. The molecule has 1 fully saturated rings. The van der Waals surface area contributed by atoms with E-state index in [9.17, 15) is 14.7 Å². The van der Waals surface area contributed by atoms with Crippen LogP contribution < -0.4 is 5.32 Å². The number of aryl methyl sites for hydroxylation is 1. The summed E-state index contributed by atoms with van der Waals surface area (Å²) in [4.78, 5) is 29.4. The molecule has 1 aliphatic heterocycles. The molecule has 110 valence electrons. The number of hydrogen-bond donors (Lipinski definition) is 2. The maximum atomic E-state index is 12.2. The maximum Gasteiger partial charge on any atom is 0.323 e. The molecule has 0 spiro atoms. The second-order valence-corrected chi connectivity index (χ2v) is 6.05. The third kappa shape index (κ3) is 2.92. The Hall–Kier alpha value is -1.63. The van der Waals surface area contributed by atoms with Crippen LogP contribution in [0.2, 0.25) is 0 Å². The normalized spacial score (nSPS) is 22.6. The molecule has 2 amide bonds. The average molecular weight is 297 g/mol. The van der Waals surface area contributed by atoms with Gasteiger partial charge in [-0.2, -0.15) is 0 Å². The number of hydrogen-bond acceptors (Lipinski definition) is 4. The minimum Gasteiger partial charge on any atom is -0.481 e. The molecule has 2 rings (SSSR count). The minimum absolute atomic E-state index is 0.259. The molecule has 2 N–H and O–H groups in total. The molecule has 0 bridgehead atoms. The van der Waals surface area contributed by atoms with Crippen molar-refractivity contribution in [2.75, 3.05) is 18.4 Å². The van der Waals surface area contributed by atoms with E-state index >= 15 is 0 Å². The lowest BCUT2D eigenvalue weighted by atomic mass is 9.78. The molecule has 0 saturated carbocycles. The van der Waals surface area contributed by atoms with E-state index in [1.54, 1.807) is 4.90 Å². The van der Waals surface area contributed by atoms with Gasteiger partial charge in [-0.05, 0) is 26.2 Å². The van der Waals surface area contributed by atoms with E-state index in [1.807, 2.05) is 19.2 Å². The molecule has 7 heteroatoms. The number of piperidine rings is 1. The Labute approximate surface area is 121 Å². The zero-order chi connectivity index (χ0) is 14.8. The van der Waals surface area contributed by atoms with E-state index in [0.29, 0.717) is 30.9 Å². The lowest BCUT2D eigenvalue weighted by Gasteiger charge is -2.39. The van der Waals surface area contributed by atoms with E-state index in [1.165, 1.54) is 11.3 Å². The monoisotopic (exact) mass is 297 g/mol. The Morgan fingerprint density at radius 2 is 2.35 bits per heavy atom. The van der Waals surface area contributed by atoms with Gasteiger partial charge in [0.15, 0.2) is 5.13 Å². The third-order valence-electron chi connectivity index (χ3n) is 3.83. The van der Waals surface area contributed by atoms with Crippen molar-refractivity contribution in [1.82, 2.24) is 9.88 Å². The van der Waals surface area contributed by atoms with Gasteiger partial charge in [-0.3, -0.25) is 10.1 Å². The van der Waals surface area contributed by atoms with Crippen molar-refractivity contribution in [3.05, 3.63) is 11.1 Å². The molecule has 0 radical (unpaired) electrons. The van der Waals surface area contributed by atoms with Crippen LogP contribution >= 0.6 is 11.3 Å². The fourth-order valence-corrected chi connectivity index (χ4v) is 3.18. The van der Waals surface area contributed by atoms with Crippen molar-refractivity contribution in [2.45, 2.75) is 33.1 Å². The summed E-state index contributed by atoms with van der Waals surface area (Å²) < 4.78 is 0. The number of aliphatic carboxylic acids is 1. The van der Waals surface area contributed by atoms with Crippen LogP contribution in [0.4, 0.5) is 9.93 Å². The summed E-state index contributed by atoms with van der Waals surface area (Å²) in [6.07, 6.45) is 1.87. The van der Waals surface area contributed by atoms with Crippen LogP contribution in [-0.2, 0) is 4.79 Å². The molecular formula is C13H19N3O3S. The highest BCUT2D eigenvalue weighted by molar-refractivity contribution is 7.13. The van der Waals surface area contributed by atoms with Gasteiger partial charge in [-0.25, -0.2) is 9.78 Å². The number of nitrogens with zero attached hydrogens (tertiary/aromatic N) is 2. The number of anilines is 1. The van der Waals surface area contributed by atoms with Crippen molar-refractivity contribution in [2.24, 2.45) is 5.41 Å². The molecule has 1 atom stereocenters. The predicted octanol–water partition coefficient (Wildman–Crippen LogP) is 2.56. The number of rotatable bonds is 3. The molecule has 2 heterocycles. The smallest absolute Gasteiger partial charge is 0.323 e. The number of nitrogens with one attached hydrogen (secondary N) is 1. The van der Waals surface area contributed by atoms with Crippen LogP contribution in [0, 0.1) is 12.3 Å². The maximum absolute atomic E-state index is 12.2. The first-order valence-corrected chi connectivity index (χ1v) is 7.56. The van der Waals surface area contributed by atoms with Gasteiger partial charge in [0.1, 0.15) is 0 Å². The number of carbonyl (C=O) groups excluding carboxylic acids is 1. The van der Waals surface area contributed by atoms with Gasteiger partial charge >= 0.3 is 12.0 Å². The molecule has 0 aromatic carbocycles. The predicted molar refractivity (Wildman–Crippen MR) is 77.0 cm³/mol. The highest BCUT2D eigenvalue weighted by Crippen LogP contribution is 2.34. The average Bonchev–Trinajstić information content (AvgIpc) is 2.83. The summed E-state index contributed by atoms with van der Waals surface area (Å²) in [5.41, 5.74) is 0.0476. The quantitative estimate of drug-likeness (QED) is 0.898. The number of thiazole rings is 1. The van der Waals surface area contributed by atoms with Crippen molar-refractivity contribution < 1.29 is 14.7 Å². The number of aromatic nitrogens is 1. The fraction of sp³-hybridized carbons (Fsp3) is 0.615. The van der Waals surface area contributed by atoms with Crippen LogP contribution in [0.5, 0.6) is 0 Å². The lowest BCUT2D eigenvalue weighted by Crippen LogP contribution is -2.50. The van der Waals surface area contributed by atoms with Gasteiger partial charge in [0, 0.05) is 18.5 Å². The highest BCUT2D eigenvalue weighted by atomic mass is 32.1. The molecule has 1 aromatic rings. The number of amides is 2. The van der Waals surface area contributed by atoms with Gasteiger partial charge < -0.3 is 10.0 Å². The van der Waals surface area contributed by atoms with E-state index < -0.39 is 11.4 Å². The fourth-order valence-electron chi connectivity index (χ4n) is 2.50. The Kier molecular flexibility index (Phi) is 4.27. The summed E-state index contributed by atoms with van der Waals surface area (Å²) >= 11 is 1.37. The van der Waals surface area contributed by atoms with Crippen molar-refractivity contribution in [3.63, 3.8) is 0 Å². The van der Waals surface area contributed by atoms with Crippen LogP contribution in [0.1, 0.15) is 31.9 Å². The SMILES string of the molecule is CCC1(C(=O)O)CCCN(C(=O)Nc2nc(C)cs2)C1. The molecule has 1 saturated heterocycles. The van der Waals surface area contributed by atoms with Crippen molar-refractivity contribution in [3.8, 4) is 0 Å². The minimum atomic E-state index is -0.817. The zero-order valence-electron chi connectivity index (χ0n) is 11.7. The molecule has 1 aromatic heterocycles. The summed E-state index contributed by atoms with van der Waals surface area (Å²) in [7, 11) is 0. The van der Waals surface area contributed by atoms with Crippen molar-refractivity contribution in [1.29, 1.82) is 0 Å². The molecule has 1 aliphatic rings. The highest BCUT2D eigenvalue weighted by Gasteiger charge is 2.42. The number of carboxylic acids is 1. The summed E-state index contributed by atoms with van der Waals surface area (Å²) in [6.45, 7) is 4.57. The van der Waals surface area contributed by atoms with Gasteiger partial charge in [-0.15, -0.1) is 11.3 Å². The summed E-state index contributed by atoms with van der Waals surface area (Å²) in [6, 6.07) is -0.266. The molecular weight excluding hydrogens is 278 g/mol. The lowest BCUT2D eigenvalue weighted by molar-refractivity contribution is -0.152. The number of likely N-dealkylation sites (tertiary alicyclic amines) is 1. The first-order chi connectivity index (χ1) is 9.47. The number of carboxylic acid groups (broad SMARTS) is 1. The second kappa shape index (κ2) is 5.78. The third-order valence-corrected chi connectivity index (χ3v) is 4.70. The standard InChI is InChI=1S/C13H19N3O3S/c1-3-13(10(17)18)5-4-6-16(8-13)12(19)15-11-14-9(2)7-20-11/h7H,3-6,8H2,1-2H3,(H,17,18)(H,14,15,19). The van der Waals surface area contributed by atoms with Crippen LogP contribution in [-0.4, -0.2) is 40.1 Å². The summed E-state index contributed by atoms with van der Waals surface area (Å²) in [5.74, 6) is -0.817. The van der Waals surface area contributed by atoms with Gasteiger partial charge in [0.25, 0.3) is 0 Å². The molecule has 1 unspecified atom stereocenters. The van der Waals surface area contributed by atoms with Crippen molar-refractivity contribution >= 4 is 28.5 Å². The van der Waals surface area contributed by atoms with E-state index in [-0.39, 0.29) is 12.6 Å². The number of carbonyl (C=O) groups is 2. The van der Waals surface area contributed by atoms with Gasteiger partial charge in [0.05, 0.1) is 11.1 Å². The topological polar surface area (TPSA) is 82.5 Å². The largest absolute Gasteiger partial charge is 0.481 e. The Bertz CT molecular complexity index is 517. The van der Waals surface area contributed by atoms with Gasteiger partial charge in [0.2, 0.25) is 0 Å². The van der Waals surface area contributed by atoms with Crippen LogP contribution in [0.25, 0.3) is 0 Å². The zero-order valence-corrected chi connectivity index (χ0v) is 12.5. The van der Waals surface area contributed by atoms with E-state index in [4.69, 9.17) is 0 Å². The molecule has 6 nitrogen and oxygen atoms in total. The Balaban J connectivity index is 2.05. The van der Waals surface area contributed by atoms with Crippen LogP contribution in [0.15, 0.2) is 5.38 Å². The first-order valence-electron chi connectivity index (χ1n) is 6.68. The summed E-state index contributed by atoms with van der Waals surface area (Å²) in [5, 5.41) is 14.6. The first kappa shape index (κ1) is 14.8. The molecule has 0 aliphatic carbocycles.